The van der Waals surface area contributed by atoms with E-state index in [0.29, 0.717) is 25.2 Å². The lowest BCUT2D eigenvalue weighted by Gasteiger charge is -2.38. The van der Waals surface area contributed by atoms with Gasteiger partial charge in [-0.25, -0.2) is 8.78 Å². The fraction of sp³-hybridized carbons (Fsp3) is 0.667. The van der Waals surface area contributed by atoms with Crippen LogP contribution < -0.4 is 0 Å². The van der Waals surface area contributed by atoms with Gasteiger partial charge in [-0.2, -0.15) is 13.2 Å². The van der Waals surface area contributed by atoms with Crippen LogP contribution in [0.25, 0.3) is 6.08 Å². The molecule has 0 radical (unpaired) electrons. The van der Waals surface area contributed by atoms with Crippen molar-refractivity contribution in [2.45, 2.75) is 70.8 Å². The number of allylic oxidation sites excluding steroid dienone is 1. The Kier molecular flexibility index (Phi) is 8.50. The van der Waals surface area contributed by atoms with Gasteiger partial charge in [0.2, 0.25) is 0 Å². The van der Waals surface area contributed by atoms with Crippen LogP contribution in [0.3, 0.4) is 0 Å². The molecule has 1 aromatic carbocycles. The maximum absolute atomic E-state index is 14.2. The third-order valence-electron chi connectivity index (χ3n) is 6.51. The number of unbranched alkanes of at least 4 members (excludes halogenated alkanes) is 2. The van der Waals surface area contributed by atoms with Crippen LogP contribution in [0.2, 0.25) is 0 Å². The fourth-order valence-corrected chi connectivity index (χ4v) is 4.69. The van der Waals surface area contributed by atoms with Gasteiger partial charge in [-0.05, 0) is 42.9 Å². The lowest BCUT2D eigenvalue weighted by Crippen LogP contribution is -2.34. The van der Waals surface area contributed by atoms with Crippen molar-refractivity contribution in [3.8, 4) is 0 Å². The monoisotopic (exact) mass is 446 g/mol. The number of ether oxygens (including phenoxy) is 2. The second-order valence-corrected chi connectivity index (χ2v) is 8.81. The first kappa shape index (κ1) is 24.2. The highest BCUT2D eigenvalue weighted by Gasteiger charge is 2.33. The molecule has 0 spiro atoms. The molecule has 3 rings (SSSR count). The van der Waals surface area contributed by atoms with E-state index < -0.39 is 29.7 Å². The third kappa shape index (κ3) is 7.01. The summed E-state index contributed by atoms with van der Waals surface area (Å²) < 4.78 is 76.7. The highest BCUT2D eigenvalue weighted by Crippen LogP contribution is 2.39. The summed E-state index contributed by atoms with van der Waals surface area (Å²) in [6, 6.07) is 1.96. The molecule has 1 saturated carbocycles. The lowest BCUT2D eigenvalue weighted by molar-refractivity contribution is -0.215. The van der Waals surface area contributed by atoms with Gasteiger partial charge in [0.15, 0.2) is 6.29 Å². The largest absolute Gasteiger partial charge is 0.409 e. The molecular formula is C24H31F5O2. The van der Waals surface area contributed by atoms with E-state index in [2.05, 4.69) is 6.92 Å². The molecule has 0 amide bonds. The summed E-state index contributed by atoms with van der Waals surface area (Å²) in [6.07, 6.45) is 4.59. The molecule has 2 fully saturated rings. The van der Waals surface area contributed by atoms with Crippen molar-refractivity contribution < 1.29 is 31.4 Å². The Hall–Kier alpha value is -1.47. The molecular weight excluding hydrogens is 415 g/mol. The van der Waals surface area contributed by atoms with Crippen LogP contribution in [0.5, 0.6) is 0 Å². The molecule has 2 aliphatic rings. The molecule has 31 heavy (non-hydrogen) atoms. The first-order chi connectivity index (χ1) is 14.8. The summed E-state index contributed by atoms with van der Waals surface area (Å²) in [6.45, 7) is 3.12. The number of rotatable bonds is 7. The van der Waals surface area contributed by atoms with Gasteiger partial charge in [-0.1, -0.05) is 45.4 Å². The van der Waals surface area contributed by atoms with Gasteiger partial charge in [-0.15, -0.1) is 0 Å². The van der Waals surface area contributed by atoms with Gasteiger partial charge in [0.25, 0.3) is 0 Å². The third-order valence-corrected chi connectivity index (χ3v) is 6.51. The maximum Gasteiger partial charge on any atom is 0.409 e. The van der Waals surface area contributed by atoms with Crippen molar-refractivity contribution in [3.05, 3.63) is 41.0 Å². The van der Waals surface area contributed by atoms with Crippen LogP contribution in [0.1, 0.15) is 75.7 Å². The average Bonchev–Trinajstić information content (AvgIpc) is 2.73. The Balaban J connectivity index is 1.51. The molecule has 174 valence electrons. The van der Waals surface area contributed by atoms with Crippen LogP contribution in [-0.2, 0) is 9.47 Å². The predicted molar refractivity (Wildman–Crippen MR) is 109 cm³/mol. The van der Waals surface area contributed by atoms with Crippen molar-refractivity contribution >= 4 is 6.08 Å². The van der Waals surface area contributed by atoms with Crippen LogP contribution >= 0.6 is 0 Å². The smallest absolute Gasteiger partial charge is 0.348 e. The van der Waals surface area contributed by atoms with E-state index in [1.54, 1.807) is 0 Å². The molecule has 0 bridgehead atoms. The number of benzene rings is 1. The summed E-state index contributed by atoms with van der Waals surface area (Å²) in [5, 5.41) is 0. The van der Waals surface area contributed by atoms with Crippen molar-refractivity contribution in [2.24, 2.45) is 17.8 Å². The summed E-state index contributed by atoms with van der Waals surface area (Å²) in [5.41, 5.74) is -0.595. The van der Waals surface area contributed by atoms with Gasteiger partial charge in [0, 0.05) is 23.1 Å². The Bertz CT molecular complexity index is 707. The van der Waals surface area contributed by atoms with Gasteiger partial charge in [0.05, 0.1) is 13.2 Å². The summed E-state index contributed by atoms with van der Waals surface area (Å²) in [7, 11) is 0. The molecule has 7 heteroatoms. The molecule has 2 nitrogen and oxygen atoms in total. The van der Waals surface area contributed by atoms with E-state index in [4.69, 9.17) is 9.47 Å². The lowest BCUT2D eigenvalue weighted by atomic mass is 9.74. The second kappa shape index (κ2) is 10.9. The minimum Gasteiger partial charge on any atom is -0.348 e. The van der Waals surface area contributed by atoms with Crippen LogP contribution in [-0.4, -0.2) is 19.4 Å². The highest BCUT2D eigenvalue weighted by molar-refractivity contribution is 5.52. The van der Waals surface area contributed by atoms with E-state index in [1.807, 2.05) is 0 Å². The molecule has 1 aliphatic heterocycles. The Labute approximate surface area is 180 Å². The zero-order chi connectivity index (χ0) is 22.4. The SMILES string of the molecule is CCCCCC1CCC(C2COC(c3cc(F)c(C=CC(F)(F)F)c(F)c3)OC2)CC1. The van der Waals surface area contributed by atoms with Gasteiger partial charge >= 0.3 is 6.18 Å². The number of alkyl halides is 3. The second-order valence-electron chi connectivity index (χ2n) is 8.81. The topological polar surface area (TPSA) is 18.5 Å². The maximum atomic E-state index is 14.2. The summed E-state index contributed by atoms with van der Waals surface area (Å²) >= 11 is 0. The van der Waals surface area contributed by atoms with Crippen molar-refractivity contribution in [2.75, 3.05) is 13.2 Å². The molecule has 0 atom stereocenters. The van der Waals surface area contributed by atoms with Gasteiger partial charge in [0.1, 0.15) is 11.6 Å². The van der Waals surface area contributed by atoms with E-state index in [-0.39, 0.29) is 17.6 Å². The standard InChI is InChI=1S/C24H31F5O2/c1-2-3-4-5-16-6-8-17(9-7-16)19-14-30-23(31-15-19)18-12-21(25)20(22(26)13-18)10-11-24(27,28)29/h10-13,16-17,19,23H,2-9,14-15H2,1H3. The Morgan fingerprint density at radius 2 is 1.55 bits per heavy atom. The van der Waals surface area contributed by atoms with E-state index in [1.165, 1.54) is 38.5 Å². The minimum atomic E-state index is -4.64. The van der Waals surface area contributed by atoms with Crippen molar-refractivity contribution in [1.82, 2.24) is 0 Å². The summed E-state index contributed by atoms with van der Waals surface area (Å²) in [5.74, 6) is -0.544. The van der Waals surface area contributed by atoms with Crippen molar-refractivity contribution in [1.29, 1.82) is 0 Å². The first-order valence-corrected chi connectivity index (χ1v) is 11.2. The molecule has 0 aromatic heterocycles. The number of hydrogen-bond acceptors (Lipinski definition) is 2. The highest BCUT2D eigenvalue weighted by atomic mass is 19.4. The molecule has 0 unspecified atom stereocenters. The zero-order valence-electron chi connectivity index (χ0n) is 17.9. The van der Waals surface area contributed by atoms with Crippen LogP contribution in [0, 0.1) is 29.4 Å². The van der Waals surface area contributed by atoms with Crippen LogP contribution in [0.15, 0.2) is 18.2 Å². The van der Waals surface area contributed by atoms with E-state index >= 15 is 0 Å². The van der Waals surface area contributed by atoms with Gasteiger partial charge in [-0.3, -0.25) is 0 Å². The quantitative estimate of drug-likeness (QED) is 0.317. The first-order valence-electron chi connectivity index (χ1n) is 11.2. The zero-order valence-corrected chi connectivity index (χ0v) is 17.9. The summed E-state index contributed by atoms with van der Waals surface area (Å²) in [4.78, 5) is 0. The van der Waals surface area contributed by atoms with Crippen LogP contribution in [0.4, 0.5) is 22.0 Å². The normalized spacial score (nSPS) is 27.7. The Morgan fingerprint density at radius 3 is 2.10 bits per heavy atom. The number of hydrogen-bond donors (Lipinski definition) is 0. The molecule has 1 aromatic rings. The molecule has 1 aliphatic carbocycles. The van der Waals surface area contributed by atoms with Crippen molar-refractivity contribution in [3.63, 3.8) is 0 Å². The number of halogens is 5. The Morgan fingerprint density at radius 1 is 0.935 bits per heavy atom. The molecule has 1 heterocycles. The van der Waals surface area contributed by atoms with E-state index in [0.717, 1.165) is 30.9 Å². The fourth-order valence-electron chi connectivity index (χ4n) is 4.69. The predicted octanol–water partition coefficient (Wildman–Crippen LogP) is 7.59. The van der Waals surface area contributed by atoms with Gasteiger partial charge < -0.3 is 9.47 Å². The van der Waals surface area contributed by atoms with E-state index in [9.17, 15) is 22.0 Å². The molecule has 1 saturated heterocycles. The minimum absolute atomic E-state index is 0.136. The molecule has 0 N–H and O–H groups in total. The average molecular weight is 447 g/mol.